The van der Waals surface area contributed by atoms with Crippen molar-refractivity contribution in [3.63, 3.8) is 0 Å². The molecule has 1 aliphatic rings. The van der Waals surface area contributed by atoms with Crippen molar-refractivity contribution in [3.05, 3.63) is 94.0 Å². The van der Waals surface area contributed by atoms with Crippen LogP contribution in [0.25, 0.3) is 0 Å². The molecule has 3 aromatic carbocycles. The van der Waals surface area contributed by atoms with Crippen LogP contribution in [0, 0.1) is 32.4 Å². The van der Waals surface area contributed by atoms with E-state index in [0.29, 0.717) is 48.0 Å². The number of benzene rings is 3. The molecular weight excluding hydrogens is 470 g/mol. The van der Waals surface area contributed by atoms with E-state index in [1.54, 1.807) is 44.4 Å². The second kappa shape index (κ2) is 10.0. The van der Waals surface area contributed by atoms with E-state index in [9.17, 15) is 17.2 Å². The first kappa shape index (κ1) is 25.3. The van der Waals surface area contributed by atoms with Gasteiger partial charge < -0.3 is 4.74 Å². The molecule has 0 aromatic heterocycles. The van der Waals surface area contributed by atoms with E-state index in [4.69, 9.17) is 4.74 Å². The fourth-order valence-corrected chi connectivity index (χ4v) is 6.77. The van der Waals surface area contributed by atoms with E-state index in [-0.39, 0.29) is 17.7 Å². The van der Waals surface area contributed by atoms with E-state index in [2.05, 4.69) is 4.90 Å². The number of aryl methyl sites for hydroxylation is 1. The highest BCUT2D eigenvalue weighted by Gasteiger charge is 2.34. The van der Waals surface area contributed by atoms with Gasteiger partial charge in [0.05, 0.1) is 18.0 Å². The van der Waals surface area contributed by atoms with E-state index >= 15 is 0 Å². The van der Waals surface area contributed by atoms with Crippen LogP contribution in [0.2, 0.25) is 0 Å². The Kier molecular flexibility index (Phi) is 7.26. The maximum atomic E-state index is 13.7. The Morgan fingerprint density at radius 3 is 1.74 bits per heavy atom. The van der Waals surface area contributed by atoms with Gasteiger partial charge in [0.2, 0.25) is 10.0 Å². The van der Waals surface area contributed by atoms with E-state index in [1.807, 2.05) is 13.8 Å². The zero-order valence-corrected chi connectivity index (χ0v) is 21.2. The maximum absolute atomic E-state index is 13.7. The van der Waals surface area contributed by atoms with Gasteiger partial charge in [-0.1, -0.05) is 24.3 Å². The predicted molar refractivity (Wildman–Crippen MR) is 132 cm³/mol. The number of rotatable bonds is 6. The van der Waals surface area contributed by atoms with Crippen molar-refractivity contribution in [2.45, 2.75) is 31.7 Å². The molecule has 0 bridgehead atoms. The summed E-state index contributed by atoms with van der Waals surface area (Å²) in [5.74, 6) is 0.0105. The summed E-state index contributed by atoms with van der Waals surface area (Å²) in [7, 11) is -2.13. The van der Waals surface area contributed by atoms with Crippen LogP contribution in [-0.4, -0.2) is 50.9 Å². The van der Waals surface area contributed by atoms with Gasteiger partial charge in [0.25, 0.3) is 0 Å². The number of piperazine rings is 1. The van der Waals surface area contributed by atoms with Crippen molar-refractivity contribution >= 4 is 10.0 Å². The van der Waals surface area contributed by atoms with Crippen LogP contribution < -0.4 is 4.74 Å². The van der Waals surface area contributed by atoms with Crippen molar-refractivity contribution < 1.29 is 21.9 Å². The number of sulfonamides is 1. The van der Waals surface area contributed by atoms with Crippen LogP contribution in [0.1, 0.15) is 33.9 Å². The molecule has 0 radical (unpaired) electrons. The smallest absolute Gasteiger partial charge is 0.243 e. The molecule has 4 rings (SSSR count). The second-order valence-electron chi connectivity index (χ2n) is 8.92. The summed E-state index contributed by atoms with van der Waals surface area (Å²) in [6.07, 6.45) is 0. The molecule has 35 heavy (non-hydrogen) atoms. The maximum Gasteiger partial charge on any atom is 0.243 e. The van der Waals surface area contributed by atoms with Crippen molar-refractivity contribution in [1.82, 2.24) is 9.21 Å². The van der Waals surface area contributed by atoms with Gasteiger partial charge in [-0.15, -0.1) is 0 Å². The van der Waals surface area contributed by atoms with Crippen LogP contribution in [0.5, 0.6) is 5.75 Å². The molecular formula is C27H30F2N2O3S. The Morgan fingerprint density at radius 2 is 1.29 bits per heavy atom. The molecule has 186 valence electrons. The molecule has 0 atom stereocenters. The van der Waals surface area contributed by atoms with Gasteiger partial charge in [-0.05, 0) is 78.9 Å². The summed E-state index contributed by atoms with van der Waals surface area (Å²) in [6, 6.07) is 14.0. The zero-order chi connectivity index (χ0) is 25.3. The molecule has 0 saturated carbocycles. The number of halogens is 2. The number of ether oxygens (including phenoxy) is 1. The third kappa shape index (κ3) is 4.96. The molecule has 0 aliphatic carbocycles. The highest BCUT2D eigenvalue weighted by Crippen LogP contribution is 2.34. The minimum absolute atomic E-state index is 0.243. The van der Waals surface area contributed by atoms with E-state index in [1.165, 1.54) is 28.6 Å². The molecule has 0 N–H and O–H groups in total. The summed E-state index contributed by atoms with van der Waals surface area (Å²) in [6.45, 7) is 7.04. The topological polar surface area (TPSA) is 49.9 Å². The van der Waals surface area contributed by atoms with Crippen LogP contribution in [0.4, 0.5) is 8.78 Å². The second-order valence-corrected chi connectivity index (χ2v) is 10.8. The Morgan fingerprint density at radius 1 is 0.800 bits per heavy atom. The third-order valence-electron chi connectivity index (χ3n) is 6.81. The molecule has 1 aliphatic heterocycles. The average molecular weight is 501 g/mol. The van der Waals surface area contributed by atoms with Crippen LogP contribution >= 0.6 is 0 Å². The van der Waals surface area contributed by atoms with Gasteiger partial charge in [-0.25, -0.2) is 17.2 Å². The van der Waals surface area contributed by atoms with Crippen LogP contribution in [0.15, 0.2) is 59.5 Å². The lowest BCUT2D eigenvalue weighted by atomic mass is 9.96. The normalized spacial score (nSPS) is 15.5. The standard InChI is InChI=1S/C27H30F2N2O3S/c1-18-17-25(34-4)19(2)20(3)27(18)35(32,33)31-15-13-30(14-16-31)26(21-5-9-23(28)10-6-21)22-7-11-24(29)12-8-22/h5-12,17,26H,13-16H2,1-4H3. The first-order valence-electron chi connectivity index (χ1n) is 11.5. The monoisotopic (exact) mass is 500 g/mol. The van der Waals surface area contributed by atoms with Gasteiger partial charge in [0.15, 0.2) is 0 Å². The molecule has 0 amide bonds. The lowest BCUT2D eigenvalue weighted by Gasteiger charge is -2.39. The fraction of sp³-hybridized carbons (Fsp3) is 0.333. The molecule has 3 aromatic rings. The number of nitrogens with zero attached hydrogens (tertiary/aromatic N) is 2. The largest absolute Gasteiger partial charge is 0.496 e. The highest BCUT2D eigenvalue weighted by molar-refractivity contribution is 7.89. The summed E-state index contributed by atoms with van der Waals surface area (Å²) in [5.41, 5.74) is 3.89. The van der Waals surface area contributed by atoms with Gasteiger partial charge in [0, 0.05) is 26.2 Å². The summed E-state index contributed by atoms with van der Waals surface area (Å²) in [5, 5.41) is 0. The molecule has 1 saturated heterocycles. The molecule has 8 heteroatoms. The molecule has 1 heterocycles. The number of hydrogen-bond acceptors (Lipinski definition) is 4. The highest BCUT2D eigenvalue weighted by atomic mass is 32.2. The average Bonchev–Trinajstić information content (AvgIpc) is 2.84. The zero-order valence-electron chi connectivity index (χ0n) is 20.4. The quantitative estimate of drug-likeness (QED) is 0.478. The Bertz CT molecular complexity index is 1260. The minimum Gasteiger partial charge on any atom is -0.496 e. The first-order chi connectivity index (χ1) is 16.6. The molecule has 0 spiro atoms. The van der Waals surface area contributed by atoms with Crippen molar-refractivity contribution in [2.75, 3.05) is 33.3 Å². The number of hydrogen-bond donors (Lipinski definition) is 0. The van der Waals surface area contributed by atoms with Crippen LogP contribution in [0.3, 0.4) is 0 Å². The molecule has 5 nitrogen and oxygen atoms in total. The van der Waals surface area contributed by atoms with E-state index < -0.39 is 10.0 Å². The number of methoxy groups -OCH3 is 1. The minimum atomic E-state index is -3.71. The Balaban J connectivity index is 1.61. The van der Waals surface area contributed by atoms with E-state index in [0.717, 1.165) is 16.7 Å². The lowest BCUT2D eigenvalue weighted by Crippen LogP contribution is -2.50. The van der Waals surface area contributed by atoms with Crippen molar-refractivity contribution in [2.24, 2.45) is 0 Å². The van der Waals surface area contributed by atoms with Gasteiger partial charge >= 0.3 is 0 Å². The molecule has 0 unspecified atom stereocenters. The molecule has 1 fully saturated rings. The predicted octanol–water partition coefficient (Wildman–Crippen LogP) is 4.99. The SMILES string of the molecule is COc1cc(C)c(S(=O)(=O)N2CCN(C(c3ccc(F)cc3)c3ccc(F)cc3)CC2)c(C)c1C. The first-order valence-corrected chi connectivity index (χ1v) is 13.0. The lowest BCUT2D eigenvalue weighted by molar-refractivity contribution is 0.155. The Labute approximate surface area is 206 Å². The fourth-order valence-electron chi connectivity index (χ4n) is 4.87. The summed E-state index contributed by atoms with van der Waals surface area (Å²) in [4.78, 5) is 2.49. The van der Waals surface area contributed by atoms with Gasteiger partial charge in [-0.3, -0.25) is 4.90 Å². The van der Waals surface area contributed by atoms with Crippen molar-refractivity contribution in [1.29, 1.82) is 0 Å². The van der Waals surface area contributed by atoms with Crippen molar-refractivity contribution in [3.8, 4) is 5.75 Å². The summed E-state index contributed by atoms with van der Waals surface area (Å²) < 4.78 is 61.4. The summed E-state index contributed by atoms with van der Waals surface area (Å²) >= 11 is 0. The van der Waals surface area contributed by atoms with Crippen LogP contribution in [-0.2, 0) is 10.0 Å². The van der Waals surface area contributed by atoms with Gasteiger partial charge in [0.1, 0.15) is 17.4 Å². The Hall–Kier alpha value is -2.81. The van der Waals surface area contributed by atoms with Gasteiger partial charge in [-0.2, -0.15) is 4.31 Å². The third-order valence-corrected chi connectivity index (χ3v) is 9.00.